The smallest absolute Gasteiger partial charge is 0.343 e. The number of aliphatic hydroxyl groups is 2. The Labute approximate surface area is 226 Å². The molecule has 2 aliphatic heterocycles. The zero-order valence-electron chi connectivity index (χ0n) is 21.0. The van der Waals surface area contributed by atoms with E-state index >= 15 is 0 Å². The minimum absolute atomic E-state index is 0.0000971. The first-order valence-corrected chi connectivity index (χ1v) is 13.5. The van der Waals surface area contributed by atoms with Crippen molar-refractivity contribution in [2.45, 2.75) is 69.9 Å². The summed E-state index contributed by atoms with van der Waals surface area (Å²) in [6, 6.07) is 2.32. The predicted molar refractivity (Wildman–Crippen MR) is 137 cm³/mol. The van der Waals surface area contributed by atoms with Gasteiger partial charge in [0.2, 0.25) is 5.91 Å². The first-order chi connectivity index (χ1) is 18.6. The average molecular weight is 554 g/mol. The Kier molecular flexibility index (Phi) is 5.27. The Hall–Kier alpha value is -3.34. The highest BCUT2D eigenvalue weighted by Gasteiger charge is 2.46. The van der Waals surface area contributed by atoms with Crippen LogP contribution in [0.4, 0.5) is 4.39 Å². The number of nitrogens with zero attached hydrogens (tertiary/aromatic N) is 2. The van der Waals surface area contributed by atoms with Crippen LogP contribution < -0.4 is 10.9 Å². The van der Waals surface area contributed by atoms with Crippen LogP contribution in [0.1, 0.15) is 66.5 Å². The molecule has 1 aromatic carbocycles. The quantitative estimate of drug-likeness (QED) is 0.331. The molecule has 1 fully saturated rings. The number of ether oxygens (including phenoxy) is 1. The lowest BCUT2D eigenvalue weighted by atomic mass is 9.83. The van der Waals surface area contributed by atoms with Crippen molar-refractivity contribution >= 4 is 34.4 Å². The molecule has 0 saturated heterocycles. The van der Waals surface area contributed by atoms with Gasteiger partial charge in [0.05, 0.1) is 40.1 Å². The van der Waals surface area contributed by atoms with Crippen molar-refractivity contribution < 1.29 is 28.9 Å². The molecular formula is C28H25ClFN3O6. The Bertz CT molecular complexity index is 1700. The van der Waals surface area contributed by atoms with Gasteiger partial charge in [-0.3, -0.25) is 9.59 Å². The van der Waals surface area contributed by atoms with Gasteiger partial charge in [0, 0.05) is 22.6 Å². The van der Waals surface area contributed by atoms with Gasteiger partial charge in [0.15, 0.2) is 5.60 Å². The van der Waals surface area contributed by atoms with Crippen molar-refractivity contribution in [1.29, 1.82) is 0 Å². The zero-order chi connectivity index (χ0) is 27.4. The molecule has 202 valence electrons. The second kappa shape index (κ2) is 8.33. The predicted octanol–water partition coefficient (Wildman–Crippen LogP) is 2.75. The number of hydrogen-bond acceptors (Lipinski definition) is 7. The van der Waals surface area contributed by atoms with Gasteiger partial charge >= 0.3 is 5.97 Å². The fraction of sp³-hybridized carbons (Fsp3) is 0.429. The van der Waals surface area contributed by atoms with Crippen molar-refractivity contribution in [2.24, 2.45) is 5.92 Å². The molecule has 7 rings (SSSR count). The van der Waals surface area contributed by atoms with Gasteiger partial charge in [-0.25, -0.2) is 14.2 Å². The maximum atomic E-state index is 14.9. The molecule has 2 aromatic heterocycles. The van der Waals surface area contributed by atoms with Gasteiger partial charge in [-0.15, -0.1) is 0 Å². The van der Waals surface area contributed by atoms with E-state index in [4.69, 9.17) is 21.3 Å². The van der Waals surface area contributed by atoms with Crippen molar-refractivity contribution in [2.75, 3.05) is 0 Å². The maximum Gasteiger partial charge on any atom is 0.343 e. The van der Waals surface area contributed by atoms with Crippen LogP contribution in [0.25, 0.3) is 22.3 Å². The number of pyridine rings is 2. The second-order valence-electron chi connectivity index (χ2n) is 10.9. The van der Waals surface area contributed by atoms with Gasteiger partial charge in [0.25, 0.3) is 5.56 Å². The number of nitrogens with one attached hydrogen (secondary N) is 1. The fourth-order valence-electron chi connectivity index (χ4n) is 6.38. The SMILES string of the molecule is CC[C@@]1(O)C(=O)OCc2c1cc1n(c2=O)Cc2c-1nc1cc(F)c(Cl)c3c1c2[C@H](NC(=O)[C@H](O)C1CC1)CC3. The standard InChI is InChI=1S/C28H25ClFN3O6/c1-2-28(38)15-7-19-23-13(9-33(19)26(36)14(15)10-39-27(28)37)21-17(32-25(35)24(34)11-3-4-11)6-5-12-20(21)18(31-23)8-16(30)22(12)29/h7-8,11,17,24,34,38H,2-6,9-10H2,1H3,(H,32,35)/t17-,24-,28+/m1/s1. The molecule has 4 heterocycles. The van der Waals surface area contributed by atoms with E-state index in [0.29, 0.717) is 51.8 Å². The number of hydrogen-bond donors (Lipinski definition) is 3. The van der Waals surface area contributed by atoms with E-state index in [-0.39, 0.29) is 41.6 Å². The molecule has 4 aliphatic rings. The first kappa shape index (κ1) is 24.7. The number of carbonyl (C=O) groups excluding carboxylic acids is 2. The van der Waals surface area contributed by atoms with Crippen LogP contribution in [-0.2, 0) is 39.5 Å². The number of aromatic nitrogens is 2. The van der Waals surface area contributed by atoms with Crippen LogP contribution in [0, 0.1) is 11.7 Å². The van der Waals surface area contributed by atoms with E-state index < -0.39 is 41.0 Å². The largest absolute Gasteiger partial charge is 0.458 e. The summed E-state index contributed by atoms with van der Waals surface area (Å²) in [5.74, 6) is -1.96. The topological polar surface area (TPSA) is 131 Å². The summed E-state index contributed by atoms with van der Waals surface area (Å²) in [5.41, 5.74) is 1.06. The molecule has 3 aromatic rings. The molecule has 0 bridgehead atoms. The molecule has 1 amide bonds. The molecule has 39 heavy (non-hydrogen) atoms. The minimum atomic E-state index is -1.97. The fourth-order valence-corrected chi connectivity index (χ4v) is 6.63. The van der Waals surface area contributed by atoms with Crippen LogP contribution in [0.5, 0.6) is 0 Å². The molecular weight excluding hydrogens is 529 g/mol. The Morgan fingerprint density at radius 1 is 1.28 bits per heavy atom. The van der Waals surface area contributed by atoms with Crippen molar-refractivity contribution in [3.05, 3.63) is 61.1 Å². The maximum absolute atomic E-state index is 14.9. The lowest BCUT2D eigenvalue weighted by Gasteiger charge is -2.31. The monoisotopic (exact) mass is 553 g/mol. The van der Waals surface area contributed by atoms with Crippen molar-refractivity contribution in [3.8, 4) is 11.4 Å². The van der Waals surface area contributed by atoms with Gasteiger partial charge in [-0.2, -0.15) is 0 Å². The highest BCUT2D eigenvalue weighted by Crippen LogP contribution is 2.47. The lowest BCUT2D eigenvalue weighted by molar-refractivity contribution is -0.172. The van der Waals surface area contributed by atoms with E-state index in [1.165, 1.54) is 10.6 Å². The summed E-state index contributed by atoms with van der Waals surface area (Å²) < 4.78 is 21.5. The van der Waals surface area contributed by atoms with Gasteiger partial charge in [-0.05, 0) is 55.2 Å². The highest BCUT2D eigenvalue weighted by atomic mass is 35.5. The van der Waals surface area contributed by atoms with Gasteiger partial charge < -0.3 is 24.8 Å². The average Bonchev–Trinajstić information content (AvgIpc) is 3.71. The van der Waals surface area contributed by atoms with Crippen molar-refractivity contribution in [3.63, 3.8) is 0 Å². The molecule has 11 heteroatoms. The summed E-state index contributed by atoms with van der Waals surface area (Å²) in [5, 5.41) is 25.2. The normalized spacial score (nSPS) is 23.6. The molecule has 3 N–H and O–H groups in total. The molecule has 2 aliphatic carbocycles. The number of carbonyl (C=O) groups is 2. The Morgan fingerprint density at radius 2 is 2.05 bits per heavy atom. The molecule has 9 nitrogen and oxygen atoms in total. The van der Waals surface area contributed by atoms with Gasteiger partial charge in [-0.1, -0.05) is 18.5 Å². The van der Waals surface area contributed by atoms with Crippen LogP contribution in [0.2, 0.25) is 5.02 Å². The Balaban J connectivity index is 1.46. The number of aliphatic hydroxyl groups excluding tert-OH is 1. The third-order valence-corrected chi connectivity index (χ3v) is 9.10. The summed E-state index contributed by atoms with van der Waals surface area (Å²) in [6.07, 6.45) is 1.31. The van der Waals surface area contributed by atoms with E-state index in [0.717, 1.165) is 12.8 Å². The third-order valence-electron chi connectivity index (χ3n) is 8.70. The number of benzene rings is 1. The lowest BCUT2D eigenvalue weighted by Crippen LogP contribution is -2.44. The zero-order valence-corrected chi connectivity index (χ0v) is 21.8. The van der Waals surface area contributed by atoms with Crippen LogP contribution in [0.3, 0.4) is 0 Å². The van der Waals surface area contributed by atoms with E-state index in [1.54, 1.807) is 13.0 Å². The number of halogens is 2. The highest BCUT2D eigenvalue weighted by molar-refractivity contribution is 6.32. The molecule has 0 radical (unpaired) electrons. The number of fused-ring (bicyclic) bond motifs is 5. The molecule has 3 atom stereocenters. The second-order valence-corrected chi connectivity index (χ2v) is 11.3. The van der Waals surface area contributed by atoms with E-state index in [2.05, 4.69) is 5.32 Å². The van der Waals surface area contributed by atoms with Crippen LogP contribution in [0.15, 0.2) is 16.9 Å². The summed E-state index contributed by atoms with van der Waals surface area (Å²) in [6.45, 7) is 1.50. The van der Waals surface area contributed by atoms with Gasteiger partial charge in [0.1, 0.15) is 18.5 Å². The summed E-state index contributed by atoms with van der Waals surface area (Å²) >= 11 is 6.39. The number of aryl methyl sites for hydroxylation is 1. The van der Waals surface area contributed by atoms with Crippen LogP contribution >= 0.6 is 11.6 Å². The third kappa shape index (κ3) is 3.38. The number of amides is 1. The minimum Gasteiger partial charge on any atom is -0.458 e. The summed E-state index contributed by atoms with van der Waals surface area (Å²) in [4.78, 5) is 43.8. The van der Waals surface area contributed by atoms with Crippen LogP contribution in [-0.4, -0.2) is 37.7 Å². The van der Waals surface area contributed by atoms with E-state index in [1.807, 2.05) is 0 Å². The number of esters is 1. The molecule has 0 unspecified atom stereocenters. The van der Waals surface area contributed by atoms with E-state index in [9.17, 15) is 29.0 Å². The summed E-state index contributed by atoms with van der Waals surface area (Å²) in [7, 11) is 0. The number of cyclic esters (lactones) is 1. The number of rotatable bonds is 4. The Morgan fingerprint density at radius 3 is 2.77 bits per heavy atom. The molecule has 1 saturated carbocycles. The first-order valence-electron chi connectivity index (χ1n) is 13.1. The molecule has 0 spiro atoms. The van der Waals surface area contributed by atoms with Crippen molar-refractivity contribution in [1.82, 2.24) is 14.9 Å².